The minimum absolute atomic E-state index is 0.105. The average molecular weight is 195 g/mol. The second-order valence-corrected chi connectivity index (χ2v) is 2.67. The summed E-state index contributed by atoms with van der Waals surface area (Å²) in [5, 5.41) is 0. The Labute approximate surface area is 80.0 Å². The summed E-state index contributed by atoms with van der Waals surface area (Å²) in [4.78, 5) is 13.9. The molecule has 0 saturated heterocycles. The molecular weight excluding hydrogens is 188 g/mol. The molecule has 0 aliphatic rings. The highest BCUT2D eigenvalue weighted by atomic mass is 19.1. The summed E-state index contributed by atoms with van der Waals surface area (Å²) < 4.78 is 26.1. The van der Waals surface area contributed by atoms with Gasteiger partial charge in [0.1, 0.15) is 11.6 Å². The van der Waals surface area contributed by atoms with Gasteiger partial charge < -0.3 is 0 Å². The minimum atomic E-state index is -0.863. The molecule has 0 radical (unpaired) electrons. The van der Waals surface area contributed by atoms with Gasteiger partial charge in [0.2, 0.25) is 5.69 Å². The number of nitrogens with zero attached hydrogens (tertiary/aromatic N) is 1. The van der Waals surface area contributed by atoms with E-state index in [1.807, 2.05) is 0 Å². The quantitative estimate of drug-likeness (QED) is 0.524. The fraction of sp³-hybridized carbons (Fsp3) is 0.200. The number of carbonyl (C=O) groups excluding carboxylic acids is 1. The van der Waals surface area contributed by atoms with Gasteiger partial charge in [-0.2, -0.15) is 0 Å². The second kappa shape index (κ2) is 3.97. The molecule has 0 atom stereocenters. The number of hydrogen-bond donors (Lipinski definition) is 0. The highest BCUT2D eigenvalue weighted by Gasteiger charge is 2.14. The fourth-order valence-corrected chi connectivity index (χ4v) is 1.03. The Kier molecular flexibility index (Phi) is 2.92. The molecule has 1 rings (SSSR count). The Hall–Kier alpha value is -1.76. The molecule has 0 fully saturated rings. The maximum absolute atomic E-state index is 13.1. The minimum Gasteiger partial charge on any atom is -0.294 e. The maximum atomic E-state index is 13.1. The first-order valence-corrected chi connectivity index (χ1v) is 3.99. The zero-order valence-corrected chi connectivity index (χ0v) is 7.47. The van der Waals surface area contributed by atoms with Crippen LogP contribution in [0.25, 0.3) is 4.85 Å². The van der Waals surface area contributed by atoms with Crippen molar-refractivity contribution in [1.29, 1.82) is 0 Å². The van der Waals surface area contributed by atoms with Crippen molar-refractivity contribution < 1.29 is 13.6 Å². The number of hydrogen-bond acceptors (Lipinski definition) is 1. The summed E-state index contributed by atoms with van der Waals surface area (Å²) >= 11 is 0. The van der Waals surface area contributed by atoms with Gasteiger partial charge in [-0.25, -0.2) is 13.6 Å². The summed E-state index contributed by atoms with van der Waals surface area (Å²) in [7, 11) is 0. The first-order valence-electron chi connectivity index (χ1n) is 3.99. The molecule has 4 heteroatoms. The molecule has 0 saturated carbocycles. The predicted octanol–water partition coefficient (Wildman–Crippen LogP) is 3.11. The van der Waals surface area contributed by atoms with Crippen molar-refractivity contribution in [2.75, 3.05) is 0 Å². The topological polar surface area (TPSA) is 21.4 Å². The number of halogens is 2. The Bertz CT molecular complexity index is 421. The van der Waals surface area contributed by atoms with E-state index in [1.54, 1.807) is 6.92 Å². The van der Waals surface area contributed by atoms with Crippen LogP contribution in [0.3, 0.4) is 0 Å². The van der Waals surface area contributed by atoms with E-state index in [0.717, 1.165) is 12.1 Å². The summed E-state index contributed by atoms with van der Waals surface area (Å²) in [5.41, 5.74) is -0.701. The summed E-state index contributed by atoms with van der Waals surface area (Å²) in [6.07, 6.45) is 0.105. The van der Waals surface area contributed by atoms with E-state index < -0.39 is 23.1 Å². The Morgan fingerprint density at radius 2 is 2.07 bits per heavy atom. The molecule has 1 aromatic carbocycles. The van der Waals surface area contributed by atoms with Crippen molar-refractivity contribution in [3.05, 3.63) is 40.7 Å². The van der Waals surface area contributed by atoms with E-state index in [9.17, 15) is 13.6 Å². The molecule has 0 aliphatic heterocycles. The summed E-state index contributed by atoms with van der Waals surface area (Å²) in [6.45, 7) is 8.10. The van der Waals surface area contributed by atoms with Gasteiger partial charge in [-0.3, -0.25) is 4.79 Å². The van der Waals surface area contributed by atoms with E-state index in [1.165, 1.54) is 0 Å². The van der Waals surface area contributed by atoms with Crippen molar-refractivity contribution >= 4 is 11.5 Å². The fourth-order valence-electron chi connectivity index (χ4n) is 1.03. The molecule has 0 aromatic heterocycles. The van der Waals surface area contributed by atoms with Gasteiger partial charge in [0.25, 0.3) is 0 Å². The van der Waals surface area contributed by atoms with Crippen LogP contribution >= 0.6 is 0 Å². The van der Waals surface area contributed by atoms with E-state index in [2.05, 4.69) is 4.85 Å². The molecule has 72 valence electrons. The molecule has 0 amide bonds. The van der Waals surface area contributed by atoms with E-state index in [0.29, 0.717) is 0 Å². The van der Waals surface area contributed by atoms with Crippen LogP contribution in [0.15, 0.2) is 12.1 Å². The molecule has 0 spiro atoms. The molecule has 0 aliphatic carbocycles. The first-order chi connectivity index (χ1) is 6.60. The molecule has 0 N–H and O–H groups in total. The van der Waals surface area contributed by atoms with Gasteiger partial charge in [0.15, 0.2) is 5.78 Å². The van der Waals surface area contributed by atoms with Crippen molar-refractivity contribution in [1.82, 2.24) is 0 Å². The lowest BCUT2D eigenvalue weighted by molar-refractivity contribution is 0.0984. The summed E-state index contributed by atoms with van der Waals surface area (Å²) in [6, 6.07) is 1.51. The van der Waals surface area contributed by atoms with Crippen LogP contribution in [0.2, 0.25) is 0 Å². The van der Waals surface area contributed by atoms with Gasteiger partial charge in [-0.05, 0) is 12.1 Å². The van der Waals surface area contributed by atoms with Gasteiger partial charge in [0.05, 0.1) is 12.1 Å². The number of carbonyl (C=O) groups is 1. The number of ketones is 1. The van der Waals surface area contributed by atoms with Crippen molar-refractivity contribution in [2.45, 2.75) is 13.3 Å². The maximum Gasteiger partial charge on any atom is 0.224 e. The third-order valence-corrected chi connectivity index (χ3v) is 1.78. The lowest BCUT2D eigenvalue weighted by atomic mass is 10.1. The second-order valence-electron chi connectivity index (χ2n) is 2.67. The van der Waals surface area contributed by atoms with Crippen molar-refractivity contribution in [2.24, 2.45) is 0 Å². The van der Waals surface area contributed by atoms with Crippen LogP contribution in [0.5, 0.6) is 0 Å². The van der Waals surface area contributed by atoms with Crippen LogP contribution in [0.1, 0.15) is 23.7 Å². The Morgan fingerprint density at radius 1 is 1.43 bits per heavy atom. The zero-order chi connectivity index (χ0) is 10.7. The van der Waals surface area contributed by atoms with E-state index in [4.69, 9.17) is 6.57 Å². The number of Topliss-reactive ketones (excluding diaryl/α,β-unsaturated/α-hetero) is 1. The zero-order valence-electron chi connectivity index (χ0n) is 7.47. The number of rotatable bonds is 2. The smallest absolute Gasteiger partial charge is 0.224 e. The van der Waals surface area contributed by atoms with Gasteiger partial charge >= 0.3 is 0 Å². The van der Waals surface area contributed by atoms with Crippen molar-refractivity contribution in [3.63, 3.8) is 0 Å². The third kappa shape index (κ3) is 1.77. The molecule has 14 heavy (non-hydrogen) atoms. The van der Waals surface area contributed by atoms with E-state index in [-0.39, 0.29) is 12.0 Å². The largest absolute Gasteiger partial charge is 0.294 e. The predicted molar refractivity (Wildman–Crippen MR) is 47.2 cm³/mol. The molecule has 1 aromatic rings. The number of benzene rings is 1. The monoisotopic (exact) mass is 195 g/mol. The Balaban J connectivity index is 3.30. The van der Waals surface area contributed by atoms with Crippen LogP contribution in [-0.2, 0) is 0 Å². The molecule has 0 bridgehead atoms. The van der Waals surface area contributed by atoms with Gasteiger partial charge in [-0.15, -0.1) is 0 Å². The highest BCUT2D eigenvalue weighted by molar-refractivity contribution is 5.96. The molecule has 2 nitrogen and oxygen atoms in total. The van der Waals surface area contributed by atoms with Crippen LogP contribution in [-0.4, -0.2) is 5.78 Å². The lowest BCUT2D eigenvalue weighted by Crippen LogP contribution is -2.01. The van der Waals surface area contributed by atoms with E-state index >= 15 is 0 Å². The average Bonchev–Trinajstić information content (AvgIpc) is 2.19. The third-order valence-electron chi connectivity index (χ3n) is 1.78. The first kappa shape index (κ1) is 10.3. The normalized spacial score (nSPS) is 9.57. The van der Waals surface area contributed by atoms with Crippen LogP contribution < -0.4 is 0 Å². The SMILES string of the molecule is [C-]#[N+]c1cc(F)c(C(=O)CC)cc1F. The van der Waals surface area contributed by atoms with Crippen LogP contribution in [0, 0.1) is 18.2 Å². The Morgan fingerprint density at radius 3 is 2.57 bits per heavy atom. The van der Waals surface area contributed by atoms with Crippen LogP contribution in [0.4, 0.5) is 14.5 Å². The standard InChI is InChI=1S/C10H7F2NO/c1-3-10(14)6-4-8(12)9(13-2)5-7(6)11/h4-5H,3H2,1H3. The highest BCUT2D eigenvalue weighted by Crippen LogP contribution is 2.22. The molecule has 0 unspecified atom stereocenters. The van der Waals surface area contributed by atoms with Crippen molar-refractivity contribution in [3.8, 4) is 0 Å². The molecular formula is C10H7F2NO. The summed E-state index contributed by atoms with van der Waals surface area (Å²) in [5.74, 6) is -2.18. The lowest BCUT2D eigenvalue weighted by Gasteiger charge is -2.01. The van der Waals surface area contributed by atoms with Gasteiger partial charge in [0, 0.05) is 6.42 Å². The van der Waals surface area contributed by atoms with Gasteiger partial charge in [-0.1, -0.05) is 6.92 Å². The molecule has 0 heterocycles.